The lowest BCUT2D eigenvalue weighted by atomic mass is 10.1. The molecule has 3 N–H and O–H groups in total. The van der Waals surface area contributed by atoms with Crippen LogP contribution in [0.2, 0.25) is 5.02 Å². The average molecular weight is 519 g/mol. The molecule has 10 heteroatoms. The van der Waals surface area contributed by atoms with E-state index in [-0.39, 0.29) is 39.7 Å². The fraction of sp³-hybridized carbons (Fsp3) is 0.185. The van der Waals surface area contributed by atoms with Gasteiger partial charge in [0.05, 0.1) is 16.3 Å². The van der Waals surface area contributed by atoms with Gasteiger partial charge >= 0.3 is 0 Å². The number of pyridine rings is 1. The van der Waals surface area contributed by atoms with Gasteiger partial charge in [-0.25, -0.2) is 9.07 Å². The van der Waals surface area contributed by atoms with Crippen LogP contribution in [0.5, 0.6) is 0 Å². The minimum absolute atomic E-state index is 0.00899. The summed E-state index contributed by atoms with van der Waals surface area (Å²) in [6, 6.07) is 18.1. The molecule has 0 radical (unpaired) electrons. The quantitative estimate of drug-likeness (QED) is 0.350. The van der Waals surface area contributed by atoms with Gasteiger partial charge < -0.3 is 16.0 Å². The Bertz CT molecular complexity index is 1440. The van der Waals surface area contributed by atoms with Crippen LogP contribution in [0.4, 0.5) is 10.2 Å². The molecular formula is C27H24ClFN6O2. The molecule has 1 atom stereocenters. The van der Waals surface area contributed by atoms with Crippen LogP contribution in [-0.2, 0) is 0 Å². The lowest BCUT2D eigenvalue weighted by Gasteiger charge is -2.23. The number of aromatic nitrogens is 3. The van der Waals surface area contributed by atoms with Crippen LogP contribution in [0.3, 0.4) is 0 Å². The number of hydrogen-bond acceptors (Lipinski definition) is 5. The van der Waals surface area contributed by atoms with Gasteiger partial charge in [0.15, 0.2) is 5.69 Å². The Labute approximate surface area is 217 Å². The third kappa shape index (κ3) is 5.52. The van der Waals surface area contributed by atoms with Crippen molar-refractivity contribution in [3.8, 4) is 16.9 Å². The second-order valence-corrected chi connectivity index (χ2v) is 9.07. The van der Waals surface area contributed by atoms with E-state index >= 15 is 0 Å². The number of para-hydroxylation sites is 1. The SMILES string of the molecule is O=C(NC1CCCNC1)c1cc(NC(=O)c2cc(-c3ncccc3F)ccc2Cl)n(-c2ccccc2)n1. The first-order valence-electron chi connectivity index (χ1n) is 11.9. The van der Waals surface area contributed by atoms with E-state index in [2.05, 4.69) is 26.0 Å². The van der Waals surface area contributed by atoms with Crippen LogP contribution < -0.4 is 16.0 Å². The number of carbonyl (C=O) groups excluding carboxylic acids is 2. The summed E-state index contributed by atoms with van der Waals surface area (Å²) in [6.07, 6.45) is 3.33. The van der Waals surface area contributed by atoms with Crippen LogP contribution in [-0.4, -0.2) is 45.7 Å². The Balaban J connectivity index is 1.45. The van der Waals surface area contributed by atoms with Gasteiger partial charge in [0, 0.05) is 30.4 Å². The summed E-state index contributed by atoms with van der Waals surface area (Å²) in [4.78, 5) is 30.4. The Kier molecular flexibility index (Phi) is 7.25. The van der Waals surface area contributed by atoms with Crippen LogP contribution in [0.1, 0.15) is 33.7 Å². The lowest BCUT2D eigenvalue weighted by Crippen LogP contribution is -2.45. The monoisotopic (exact) mass is 518 g/mol. The molecule has 1 fully saturated rings. The number of anilines is 1. The van der Waals surface area contributed by atoms with E-state index < -0.39 is 11.7 Å². The molecule has 0 spiro atoms. The maximum absolute atomic E-state index is 14.3. The van der Waals surface area contributed by atoms with Gasteiger partial charge in [-0.2, -0.15) is 5.10 Å². The highest BCUT2D eigenvalue weighted by molar-refractivity contribution is 6.34. The van der Waals surface area contributed by atoms with Crippen LogP contribution in [0.15, 0.2) is 72.9 Å². The second kappa shape index (κ2) is 10.9. The first-order chi connectivity index (χ1) is 18.0. The molecular weight excluding hydrogens is 495 g/mol. The highest BCUT2D eigenvalue weighted by Gasteiger charge is 2.22. The molecule has 0 bridgehead atoms. The summed E-state index contributed by atoms with van der Waals surface area (Å²) in [6.45, 7) is 1.63. The smallest absolute Gasteiger partial charge is 0.272 e. The van der Waals surface area contributed by atoms with Gasteiger partial charge in [0.1, 0.15) is 17.3 Å². The fourth-order valence-corrected chi connectivity index (χ4v) is 4.41. The lowest BCUT2D eigenvalue weighted by molar-refractivity contribution is 0.0924. The predicted molar refractivity (Wildman–Crippen MR) is 140 cm³/mol. The molecule has 0 saturated carbocycles. The molecule has 1 aliphatic rings. The van der Waals surface area contributed by atoms with Crippen LogP contribution in [0, 0.1) is 5.82 Å². The first kappa shape index (κ1) is 24.6. The van der Waals surface area contributed by atoms with Gasteiger partial charge in [0.25, 0.3) is 11.8 Å². The van der Waals surface area contributed by atoms with Crippen LogP contribution >= 0.6 is 11.6 Å². The zero-order chi connectivity index (χ0) is 25.8. The molecule has 2 aromatic carbocycles. The number of carbonyl (C=O) groups is 2. The van der Waals surface area contributed by atoms with E-state index in [0.717, 1.165) is 19.4 Å². The largest absolute Gasteiger partial charge is 0.347 e. The van der Waals surface area contributed by atoms with Crippen molar-refractivity contribution in [3.63, 3.8) is 0 Å². The third-order valence-electron chi connectivity index (χ3n) is 6.06. The standard InChI is InChI=1S/C27H24ClFN6O2/c28-21-11-10-17(25-22(29)9-5-13-31-25)14-20(21)26(36)33-24-15-23(27(37)32-18-6-4-12-30-16-18)34-35(24)19-7-2-1-3-8-19/h1-3,5,7-11,13-15,18,30H,4,6,12,16H2,(H,32,37)(H,33,36). The summed E-state index contributed by atoms with van der Waals surface area (Å²) < 4.78 is 15.8. The summed E-state index contributed by atoms with van der Waals surface area (Å²) in [7, 11) is 0. The molecule has 8 nitrogen and oxygen atoms in total. The average Bonchev–Trinajstić information content (AvgIpc) is 3.34. The van der Waals surface area contributed by atoms with Gasteiger partial charge in [-0.1, -0.05) is 35.9 Å². The van der Waals surface area contributed by atoms with Crippen molar-refractivity contribution >= 4 is 29.2 Å². The van der Waals surface area contributed by atoms with E-state index in [1.54, 1.807) is 6.07 Å². The van der Waals surface area contributed by atoms with E-state index in [9.17, 15) is 14.0 Å². The van der Waals surface area contributed by atoms with E-state index in [4.69, 9.17) is 11.6 Å². The summed E-state index contributed by atoms with van der Waals surface area (Å²) in [5, 5.41) is 13.7. The molecule has 2 amide bonds. The summed E-state index contributed by atoms with van der Waals surface area (Å²) >= 11 is 6.34. The van der Waals surface area contributed by atoms with Gasteiger partial charge in [-0.15, -0.1) is 0 Å². The number of nitrogens with one attached hydrogen (secondary N) is 3. The molecule has 1 aliphatic heterocycles. The summed E-state index contributed by atoms with van der Waals surface area (Å²) in [5.41, 5.74) is 1.47. The molecule has 2 aromatic heterocycles. The number of rotatable bonds is 6. The Morgan fingerprint density at radius 2 is 1.89 bits per heavy atom. The third-order valence-corrected chi connectivity index (χ3v) is 6.39. The number of halogens is 2. The molecule has 1 unspecified atom stereocenters. The molecule has 0 aliphatic carbocycles. The Hall–Kier alpha value is -4.08. The number of nitrogens with zero attached hydrogens (tertiary/aromatic N) is 3. The number of hydrogen-bond donors (Lipinski definition) is 3. The van der Waals surface area contributed by atoms with Crippen molar-refractivity contribution in [1.29, 1.82) is 0 Å². The molecule has 1 saturated heterocycles. The molecule has 5 rings (SSSR count). The van der Waals surface area contributed by atoms with Gasteiger partial charge in [0.2, 0.25) is 0 Å². The minimum atomic E-state index is -0.538. The molecule has 188 valence electrons. The fourth-order valence-electron chi connectivity index (χ4n) is 4.21. The van der Waals surface area contributed by atoms with E-state index in [0.29, 0.717) is 17.8 Å². The van der Waals surface area contributed by atoms with Gasteiger partial charge in [-0.05, 0) is 55.8 Å². The second-order valence-electron chi connectivity index (χ2n) is 8.66. The first-order valence-corrected chi connectivity index (χ1v) is 12.3. The van der Waals surface area contributed by atoms with Gasteiger partial charge in [-0.3, -0.25) is 14.6 Å². The maximum Gasteiger partial charge on any atom is 0.272 e. The number of benzene rings is 2. The predicted octanol–water partition coefficient (Wildman–Crippen LogP) is 4.46. The van der Waals surface area contributed by atoms with Crippen molar-refractivity contribution < 1.29 is 14.0 Å². The highest BCUT2D eigenvalue weighted by Crippen LogP contribution is 2.27. The van der Waals surface area contributed by atoms with Crippen molar-refractivity contribution in [2.45, 2.75) is 18.9 Å². The van der Waals surface area contributed by atoms with Crippen molar-refractivity contribution in [1.82, 2.24) is 25.4 Å². The van der Waals surface area contributed by atoms with Crippen molar-refractivity contribution in [2.75, 3.05) is 18.4 Å². The maximum atomic E-state index is 14.3. The Morgan fingerprint density at radius 3 is 2.65 bits per heavy atom. The Morgan fingerprint density at radius 1 is 1.05 bits per heavy atom. The molecule has 3 heterocycles. The van der Waals surface area contributed by atoms with E-state index in [1.807, 2.05) is 30.3 Å². The molecule has 4 aromatic rings. The van der Waals surface area contributed by atoms with Crippen molar-refractivity contribution in [2.24, 2.45) is 0 Å². The highest BCUT2D eigenvalue weighted by atomic mass is 35.5. The number of piperidine rings is 1. The van der Waals surface area contributed by atoms with Crippen LogP contribution in [0.25, 0.3) is 16.9 Å². The van der Waals surface area contributed by atoms with E-state index in [1.165, 1.54) is 41.2 Å². The topological polar surface area (TPSA) is 101 Å². The zero-order valence-electron chi connectivity index (χ0n) is 19.7. The molecule has 37 heavy (non-hydrogen) atoms. The van der Waals surface area contributed by atoms with Crippen molar-refractivity contribution in [3.05, 3.63) is 95.0 Å². The minimum Gasteiger partial charge on any atom is -0.347 e. The zero-order valence-corrected chi connectivity index (χ0v) is 20.5. The normalized spacial score (nSPS) is 15.2. The summed E-state index contributed by atoms with van der Waals surface area (Å²) in [5.74, 6) is -1.09. The number of amides is 2.